The van der Waals surface area contributed by atoms with E-state index in [0.717, 1.165) is 10.9 Å². The molecule has 13 N–H and O–H groups in total. The van der Waals surface area contributed by atoms with Crippen molar-refractivity contribution in [1.82, 2.24) is 62.8 Å². The molecule has 0 aliphatic carbocycles. The van der Waals surface area contributed by atoms with Crippen molar-refractivity contribution in [2.75, 3.05) is 26.2 Å². The second kappa shape index (κ2) is 24.8. The molecule has 1 aliphatic heterocycles. The number of amides is 10. The predicted molar refractivity (Wildman–Crippen MR) is 239 cm³/mol. The summed E-state index contributed by atoms with van der Waals surface area (Å²) >= 11 is 0. The second-order valence-electron chi connectivity index (χ2n) is 15.8. The first-order valence-electron chi connectivity index (χ1n) is 21.6. The normalized spacial score (nSPS) is 20.1. The molecule has 23 nitrogen and oxygen atoms in total. The highest BCUT2D eigenvalue weighted by Gasteiger charge is 2.32. The molecule has 0 radical (unpaired) electrons. The van der Waals surface area contributed by atoms with Crippen molar-refractivity contribution in [1.29, 1.82) is 0 Å². The van der Waals surface area contributed by atoms with Crippen LogP contribution in [0, 0.1) is 0 Å². The van der Waals surface area contributed by atoms with Gasteiger partial charge in [-0.1, -0.05) is 48.5 Å². The van der Waals surface area contributed by atoms with Gasteiger partial charge in [0.2, 0.25) is 59.1 Å². The van der Waals surface area contributed by atoms with Crippen LogP contribution in [-0.4, -0.2) is 130 Å². The molecule has 0 spiro atoms. The lowest BCUT2D eigenvalue weighted by Crippen LogP contribution is -2.59. The third-order valence-corrected chi connectivity index (χ3v) is 10.6. The van der Waals surface area contributed by atoms with Crippen molar-refractivity contribution in [3.8, 4) is 0 Å². The minimum absolute atomic E-state index is 0.00938. The fourth-order valence-electron chi connectivity index (χ4n) is 7.08. The summed E-state index contributed by atoms with van der Waals surface area (Å²) in [5.41, 5.74) is 8.25. The Bertz CT molecular complexity index is 2410. The van der Waals surface area contributed by atoms with E-state index in [1.807, 2.05) is 24.3 Å². The van der Waals surface area contributed by atoms with Crippen LogP contribution < -0.4 is 53.6 Å². The summed E-state index contributed by atoms with van der Waals surface area (Å²) in [5, 5.41) is 23.8. The number of nitrogens with zero attached hydrogens (tertiary/aromatic N) is 1. The fourth-order valence-corrected chi connectivity index (χ4v) is 7.08. The predicted octanol–water partition coefficient (Wildman–Crippen LogP) is -3.11. The Kier molecular flexibility index (Phi) is 18.5. The summed E-state index contributed by atoms with van der Waals surface area (Å²) < 4.78 is 0. The number of nitrogens with one attached hydrogen (secondary N) is 11. The van der Waals surface area contributed by atoms with E-state index in [1.165, 1.54) is 19.4 Å². The Morgan fingerprint density at radius 1 is 0.761 bits per heavy atom. The minimum atomic E-state index is -1.38. The number of fused-ring (bicyclic) bond motifs is 1. The molecule has 356 valence electrons. The smallest absolute Gasteiger partial charge is 0.243 e. The van der Waals surface area contributed by atoms with E-state index in [1.54, 1.807) is 36.5 Å². The van der Waals surface area contributed by atoms with Crippen LogP contribution in [0.2, 0.25) is 0 Å². The Morgan fingerprint density at radius 3 is 2.12 bits per heavy atom. The lowest BCUT2D eigenvalue weighted by molar-refractivity contribution is -0.134. The molecule has 4 aromatic rings. The minimum Gasteiger partial charge on any atom is -0.368 e. The summed E-state index contributed by atoms with van der Waals surface area (Å²) in [6.45, 7) is -0.300. The van der Waals surface area contributed by atoms with Gasteiger partial charge in [0.05, 0.1) is 19.4 Å². The van der Waals surface area contributed by atoms with E-state index < -0.39 is 102 Å². The topological polar surface area (TPSA) is 349 Å². The van der Waals surface area contributed by atoms with E-state index in [4.69, 9.17) is 5.73 Å². The zero-order chi connectivity index (χ0) is 48.3. The molecule has 0 bridgehead atoms. The van der Waals surface area contributed by atoms with Crippen molar-refractivity contribution in [2.24, 2.45) is 5.73 Å². The number of benzene rings is 2. The van der Waals surface area contributed by atoms with Gasteiger partial charge in [-0.3, -0.25) is 47.9 Å². The second-order valence-corrected chi connectivity index (χ2v) is 15.8. The number of para-hydroxylation sites is 1. The summed E-state index contributed by atoms with van der Waals surface area (Å²) in [4.78, 5) is 142. The molecule has 5 rings (SSSR count). The number of primary amides is 1. The number of aromatic amines is 2. The van der Waals surface area contributed by atoms with Crippen LogP contribution in [0.25, 0.3) is 10.9 Å². The highest BCUT2D eigenvalue weighted by Crippen LogP contribution is 2.19. The number of H-pyrrole nitrogens is 2. The number of carbonyl (C=O) groups excluding carboxylic acids is 10. The Morgan fingerprint density at radius 2 is 1.43 bits per heavy atom. The Balaban J connectivity index is 1.39. The molecular weight excluding hydrogens is 871 g/mol. The molecule has 5 atom stereocenters. The van der Waals surface area contributed by atoms with Crippen LogP contribution in [0.15, 0.2) is 73.3 Å². The summed E-state index contributed by atoms with van der Waals surface area (Å²) in [6, 6.07) is 9.33. The number of carbonyl (C=O) groups is 10. The largest absolute Gasteiger partial charge is 0.368 e. The van der Waals surface area contributed by atoms with Gasteiger partial charge in [0.15, 0.2) is 0 Å². The molecule has 1 aliphatic rings. The molecular formula is C44H55N13O10. The van der Waals surface area contributed by atoms with Crippen molar-refractivity contribution >= 4 is 70.0 Å². The molecule has 67 heavy (non-hydrogen) atoms. The third kappa shape index (κ3) is 16.1. The van der Waals surface area contributed by atoms with Gasteiger partial charge in [0, 0.05) is 81.1 Å². The SMILES string of the molecule is CC(=O)NCC(=O)NC1CCNC(=O)CCC(=O)NCCC(C(=O)N[C@@H](Cc2c[nH]c3ccccc23)C(N)=O)NC(=O)CNC(=O)C(Cc2ccccc2)NC(=O)[C@H](Cc2cnc[nH]2)NC1=O. The van der Waals surface area contributed by atoms with Gasteiger partial charge in [-0.15, -0.1) is 0 Å². The van der Waals surface area contributed by atoms with Crippen molar-refractivity contribution in [3.05, 3.63) is 90.1 Å². The van der Waals surface area contributed by atoms with E-state index >= 15 is 0 Å². The lowest BCUT2D eigenvalue weighted by atomic mass is 10.0. The van der Waals surface area contributed by atoms with Gasteiger partial charge in [-0.25, -0.2) is 4.98 Å². The molecule has 3 heterocycles. The van der Waals surface area contributed by atoms with Crippen LogP contribution in [-0.2, 0) is 67.2 Å². The van der Waals surface area contributed by atoms with E-state index in [0.29, 0.717) is 16.8 Å². The Hall–Kier alpha value is -8.11. The quantitative estimate of drug-likeness (QED) is 0.0675. The van der Waals surface area contributed by atoms with Gasteiger partial charge in [-0.2, -0.15) is 0 Å². The van der Waals surface area contributed by atoms with Gasteiger partial charge < -0.3 is 63.6 Å². The van der Waals surface area contributed by atoms with Crippen molar-refractivity contribution in [3.63, 3.8) is 0 Å². The van der Waals surface area contributed by atoms with Crippen molar-refractivity contribution < 1.29 is 47.9 Å². The third-order valence-electron chi connectivity index (χ3n) is 10.6. The molecule has 1 fully saturated rings. The number of hydrogen-bond donors (Lipinski definition) is 12. The lowest BCUT2D eigenvalue weighted by Gasteiger charge is -2.25. The monoisotopic (exact) mass is 925 g/mol. The van der Waals surface area contributed by atoms with Gasteiger partial charge in [0.25, 0.3) is 0 Å². The molecule has 3 unspecified atom stereocenters. The number of hydrogen-bond acceptors (Lipinski definition) is 11. The summed E-state index contributed by atoms with van der Waals surface area (Å²) in [7, 11) is 0. The number of nitrogens with two attached hydrogens (primary N) is 1. The molecule has 1 saturated heterocycles. The van der Waals surface area contributed by atoms with E-state index in [-0.39, 0.29) is 58.0 Å². The first-order chi connectivity index (χ1) is 32.1. The van der Waals surface area contributed by atoms with E-state index in [9.17, 15) is 47.9 Å². The zero-order valence-electron chi connectivity index (χ0n) is 36.7. The highest BCUT2D eigenvalue weighted by molar-refractivity contribution is 5.97. The van der Waals surface area contributed by atoms with Crippen LogP contribution in [0.5, 0.6) is 0 Å². The van der Waals surface area contributed by atoms with Crippen LogP contribution >= 0.6 is 0 Å². The first-order valence-corrected chi connectivity index (χ1v) is 21.6. The highest BCUT2D eigenvalue weighted by atomic mass is 16.2. The molecule has 2 aromatic carbocycles. The fraction of sp³-hybridized carbons (Fsp3) is 0.386. The van der Waals surface area contributed by atoms with Crippen LogP contribution in [0.3, 0.4) is 0 Å². The number of imidazole rings is 1. The average Bonchev–Trinajstić information content (AvgIpc) is 3.98. The maximum Gasteiger partial charge on any atom is 0.243 e. The molecule has 10 amide bonds. The molecule has 23 heteroatoms. The summed E-state index contributed by atoms with van der Waals surface area (Å²) in [5.74, 6) is -7.39. The molecule has 0 saturated carbocycles. The van der Waals surface area contributed by atoms with Gasteiger partial charge in [-0.05, 0) is 30.0 Å². The van der Waals surface area contributed by atoms with Crippen molar-refractivity contribution in [2.45, 2.75) is 82.1 Å². The van der Waals surface area contributed by atoms with Crippen LogP contribution in [0.1, 0.15) is 49.4 Å². The zero-order valence-corrected chi connectivity index (χ0v) is 36.7. The maximum absolute atomic E-state index is 14.1. The first kappa shape index (κ1) is 49.9. The van der Waals surface area contributed by atoms with Gasteiger partial charge in [0.1, 0.15) is 30.2 Å². The standard InChI is InChI=1S/C44H55N13O10/c1-25(58)49-22-38(61)53-32-14-16-48-37(60)12-11-36(59)47-15-13-31(42(65)55-33(40(45)63)18-27-20-50-30-10-6-5-9-29(27)30)54-39(62)23-51-41(64)34(17-26-7-3-2-4-8-26)56-44(67)35(57-43(32)66)19-28-21-46-24-52-28/h2-10,20-21,24,31-35,50H,11-19,22-23H2,1H3,(H2,45,63)(H,46,52)(H,47,59)(H,48,60)(H,49,58)(H,51,64)(H,53,61)(H,54,62)(H,55,65)(H,56,67)(H,57,66)/t31?,32?,33-,34?,35-/m0/s1. The van der Waals surface area contributed by atoms with E-state index in [2.05, 4.69) is 62.8 Å². The maximum atomic E-state index is 14.1. The summed E-state index contributed by atoms with van der Waals surface area (Å²) in [6.07, 6.45) is 3.29. The number of rotatable bonds is 12. The van der Waals surface area contributed by atoms with Gasteiger partial charge >= 0.3 is 0 Å². The number of aromatic nitrogens is 3. The average molecular weight is 926 g/mol. The van der Waals surface area contributed by atoms with Crippen LogP contribution in [0.4, 0.5) is 0 Å². The Labute approximate surface area is 384 Å². The molecule has 2 aromatic heterocycles.